The summed E-state index contributed by atoms with van der Waals surface area (Å²) in [7, 11) is 7.47. The summed E-state index contributed by atoms with van der Waals surface area (Å²) >= 11 is 12.5. The summed E-state index contributed by atoms with van der Waals surface area (Å²) < 4.78 is 30.1. The number of aromatic nitrogens is 3. The highest BCUT2D eigenvalue weighted by Gasteiger charge is 2.46. The van der Waals surface area contributed by atoms with Crippen molar-refractivity contribution in [2.75, 3.05) is 40.8 Å². The van der Waals surface area contributed by atoms with E-state index in [2.05, 4.69) is 15.6 Å². The van der Waals surface area contributed by atoms with Gasteiger partial charge in [-0.1, -0.05) is 41.4 Å². The molecule has 1 aliphatic rings. The summed E-state index contributed by atoms with van der Waals surface area (Å²) in [5.74, 6) is -2.45. The molecular formula is C53H65Cl2FN8O8. The number of likely N-dealkylation sites (N-methyl/N-ethyl adjacent to an activating group) is 1. The number of aliphatic hydroxyl groups excluding tert-OH is 1. The number of nitrogens with zero attached hydrogens (tertiary/aromatic N) is 6. The summed E-state index contributed by atoms with van der Waals surface area (Å²) in [5.41, 5.74) is 1.14. The highest BCUT2D eigenvalue weighted by Crippen LogP contribution is 2.35. The van der Waals surface area contributed by atoms with Gasteiger partial charge in [0.15, 0.2) is 11.9 Å². The number of hydrogen-bond acceptors (Lipinski definition) is 11. The van der Waals surface area contributed by atoms with E-state index in [1.165, 1.54) is 24.1 Å². The number of imidazole rings is 1. The van der Waals surface area contributed by atoms with Crippen molar-refractivity contribution in [3.05, 3.63) is 135 Å². The largest absolute Gasteiger partial charge is 0.619 e. The monoisotopic (exact) mass is 1030 g/mol. The number of likely N-dealkylation sites (tertiary alicyclic amines) is 1. The molecule has 4 atom stereocenters. The van der Waals surface area contributed by atoms with Crippen LogP contribution in [-0.4, -0.2) is 117 Å². The van der Waals surface area contributed by atoms with Crippen LogP contribution in [0.5, 0.6) is 11.5 Å². The highest BCUT2D eigenvalue weighted by atomic mass is 35.5. The van der Waals surface area contributed by atoms with Crippen molar-refractivity contribution < 1.29 is 42.9 Å². The molecule has 6 rings (SSSR count). The molecule has 0 aliphatic carbocycles. The highest BCUT2D eigenvalue weighted by molar-refractivity contribution is 6.31. The zero-order valence-electron chi connectivity index (χ0n) is 42.1. The number of amides is 3. The molecule has 386 valence electrons. The van der Waals surface area contributed by atoms with Crippen LogP contribution in [0.3, 0.4) is 0 Å². The topological polar surface area (TPSA) is 186 Å². The molecule has 3 aromatic carbocycles. The maximum Gasteiger partial charge on any atom is 0.307 e. The number of ether oxygens (including phenoxy) is 2. The molecule has 19 heteroatoms. The van der Waals surface area contributed by atoms with Crippen LogP contribution in [0.2, 0.25) is 10.0 Å². The molecule has 2 aromatic heterocycles. The summed E-state index contributed by atoms with van der Waals surface area (Å²) in [6, 6.07) is 19.5. The van der Waals surface area contributed by atoms with Gasteiger partial charge in [-0.25, -0.2) is 9.37 Å². The number of carbonyl (C=O) groups excluding carboxylic acids is 4. The van der Waals surface area contributed by atoms with Crippen molar-refractivity contribution in [3.8, 4) is 22.8 Å². The minimum Gasteiger partial charge on any atom is -0.619 e. The van der Waals surface area contributed by atoms with Crippen LogP contribution in [0, 0.1) is 16.9 Å². The Morgan fingerprint density at radius 3 is 2.38 bits per heavy atom. The number of aliphatic hydroxyl groups is 1. The first-order valence-corrected chi connectivity index (χ1v) is 24.6. The van der Waals surface area contributed by atoms with Crippen LogP contribution in [0.1, 0.15) is 69.6 Å². The number of esters is 1. The molecule has 1 saturated heterocycles. The lowest BCUT2D eigenvalue weighted by molar-refractivity contribution is -0.614. The van der Waals surface area contributed by atoms with Crippen molar-refractivity contribution in [2.24, 2.45) is 13.0 Å². The number of pyridine rings is 1. The third kappa shape index (κ3) is 14.3. The average molecular weight is 1030 g/mol. The molecule has 1 fully saturated rings. The van der Waals surface area contributed by atoms with E-state index >= 15 is 4.39 Å². The molecule has 0 spiro atoms. The Morgan fingerprint density at radius 1 is 1.01 bits per heavy atom. The van der Waals surface area contributed by atoms with E-state index in [9.17, 15) is 29.5 Å². The first-order valence-electron chi connectivity index (χ1n) is 23.8. The first-order chi connectivity index (χ1) is 34.1. The maximum atomic E-state index is 15.6. The SMILES string of the molecule is CC(NCc1c(F)cc(Cl)cc1Oc1ccc(-c2cnc(CN(C)C)n2C)cc1)C(=O)NC(CO)C(=O)N(C)C1(Cc2ccc(Cl)cc2)CCCN(C(=O)C(CC(=O)OC(C)(C)C)Cc2cccc[n+]2[O-])C1. The van der Waals surface area contributed by atoms with E-state index in [1.807, 2.05) is 54.9 Å². The lowest BCUT2D eigenvalue weighted by Gasteiger charge is -2.49. The van der Waals surface area contributed by atoms with Crippen LogP contribution >= 0.6 is 23.2 Å². The number of benzene rings is 3. The van der Waals surface area contributed by atoms with Gasteiger partial charge in [0.25, 0.3) is 0 Å². The molecule has 0 bridgehead atoms. The zero-order chi connectivity index (χ0) is 52.5. The lowest BCUT2D eigenvalue weighted by Crippen LogP contribution is -2.65. The van der Waals surface area contributed by atoms with E-state index in [0.29, 0.717) is 47.1 Å². The van der Waals surface area contributed by atoms with Crippen molar-refractivity contribution in [1.29, 1.82) is 0 Å². The fourth-order valence-corrected chi connectivity index (χ4v) is 9.21. The maximum absolute atomic E-state index is 15.6. The minimum atomic E-state index is -1.41. The van der Waals surface area contributed by atoms with Gasteiger partial charge in [0, 0.05) is 73.5 Å². The van der Waals surface area contributed by atoms with Crippen LogP contribution < -0.4 is 20.1 Å². The second kappa shape index (κ2) is 24.1. The molecule has 0 saturated carbocycles. The second-order valence-corrected chi connectivity index (χ2v) is 20.6. The van der Waals surface area contributed by atoms with Gasteiger partial charge in [-0.15, -0.1) is 0 Å². The van der Waals surface area contributed by atoms with Gasteiger partial charge < -0.3 is 49.7 Å². The Balaban J connectivity index is 1.17. The predicted molar refractivity (Wildman–Crippen MR) is 272 cm³/mol. The Kier molecular flexibility index (Phi) is 18.5. The van der Waals surface area contributed by atoms with Crippen molar-refractivity contribution >= 4 is 46.9 Å². The summed E-state index contributed by atoms with van der Waals surface area (Å²) in [6.45, 7) is 6.81. The number of rotatable bonds is 20. The number of piperidine rings is 1. The van der Waals surface area contributed by atoms with Gasteiger partial charge in [-0.05, 0) is 115 Å². The smallest absolute Gasteiger partial charge is 0.307 e. The summed E-state index contributed by atoms with van der Waals surface area (Å²) in [4.78, 5) is 66.0. The molecule has 3 heterocycles. The van der Waals surface area contributed by atoms with Gasteiger partial charge in [-0.3, -0.25) is 19.2 Å². The van der Waals surface area contributed by atoms with Gasteiger partial charge in [0.2, 0.25) is 17.7 Å². The van der Waals surface area contributed by atoms with E-state index in [1.54, 1.807) is 81.4 Å². The number of halogens is 3. The average Bonchev–Trinajstić information content (AvgIpc) is 3.68. The van der Waals surface area contributed by atoms with Gasteiger partial charge >= 0.3 is 5.97 Å². The third-order valence-electron chi connectivity index (χ3n) is 12.7. The van der Waals surface area contributed by atoms with Crippen LogP contribution in [0.25, 0.3) is 11.3 Å². The molecule has 3 N–H and O–H groups in total. The molecule has 4 unspecified atom stereocenters. The first kappa shape index (κ1) is 55.2. The predicted octanol–water partition coefficient (Wildman–Crippen LogP) is 6.63. The lowest BCUT2D eigenvalue weighted by atomic mass is 9.80. The van der Waals surface area contributed by atoms with Gasteiger partial charge in [0.05, 0.1) is 49.0 Å². The van der Waals surface area contributed by atoms with Crippen molar-refractivity contribution in [3.63, 3.8) is 0 Å². The normalized spacial score (nSPS) is 16.2. The Morgan fingerprint density at radius 2 is 1.72 bits per heavy atom. The van der Waals surface area contributed by atoms with Gasteiger partial charge in [-0.2, -0.15) is 4.73 Å². The third-order valence-corrected chi connectivity index (χ3v) is 13.2. The van der Waals surface area contributed by atoms with Gasteiger partial charge in [0.1, 0.15) is 34.8 Å². The fraction of sp³-hybridized carbons (Fsp3) is 0.434. The Hall–Kier alpha value is -6.11. The molecular weight excluding hydrogens is 967 g/mol. The van der Waals surface area contributed by atoms with E-state index < -0.39 is 65.3 Å². The van der Waals surface area contributed by atoms with E-state index in [-0.39, 0.29) is 48.7 Å². The minimum absolute atomic E-state index is 0.0290. The molecule has 5 aromatic rings. The summed E-state index contributed by atoms with van der Waals surface area (Å²) in [5, 5.41) is 29.8. The second-order valence-electron chi connectivity index (χ2n) is 19.7. The molecule has 0 radical (unpaired) electrons. The number of nitrogens with one attached hydrogen (secondary N) is 2. The number of hydrogen-bond donors (Lipinski definition) is 3. The standard InChI is InChI=1S/C53H65Cl2FN8O8/c1-34(57-29-42-43(56)26-39(55)27-46(42)71-41-19-15-36(16-20-41)45-30-58-47(61(45)7)31-60(5)6)49(67)59-44(32-65)51(69)62(8)53(28-35-13-17-38(54)18-14-35)21-11-22-63(33-53)50(68)37(25-48(66)72-52(2,3)4)24-40-12-9-10-23-64(40)70/h9-10,12-20,23,26-27,30,34,37,44,57,65H,11,21-22,24-25,28-29,31-33H2,1-8H3,(H,59,67). The molecule has 1 aliphatic heterocycles. The molecule has 16 nitrogen and oxygen atoms in total. The Labute approximate surface area is 430 Å². The van der Waals surface area contributed by atoms with E-state index in [4.69, 9.17) is 32.7 Å². The molecule has 72 heavy (non-hydrogen) atoms. The van der Waals surface area contributed by atoms with Crippen molar-refractivity contribution in [2.45, 2.75) is 96.1 Å². The summed E-state index contributed by atoms with van der Waals surface area (Å²) in [6.07, 6.45) is 3.96. The van der Waals surface area contributed by atoms with Crippen LogP contribution in [0.4, 0.5) is 4.39 Å². The van der Waals surface area contributed by atoms with Crippen LogP contribution in [-0.2, 0) is 56.9 Å². The quantitative estimate of drug-likeness (QED) is 0.0432. The van der Waals surface area contributed by atoms with E-state index in [0.717, 1.165) is 28.7 Å². The van der Waals surface area contributed by atoms with Crippen LogP contribution in [0.15, 0.2) is 91.3 Å². The van der Waals surface area contributed by atoms with Crippen molar-refractivity contribution in [1.82, 2.24) is 34.9 Å². The number of carbonyl (C=O) groups is 4. The fourth-order valence-electron chi connectivity index (χ4n) is 8.89. The Bertz CT molecular complexity index is 2700. The zero-order valence-corrected chi connectivity index (χ0v) is 43.6. The molecule has 3 amide bonds.